The van der Waals surface area contributed by atoms with Crippen LogP contribution < -0.4 is 0 Å². The van der Waals surface area contributed by atoms with E-state index < -0.39 is 5.97 Å². The lowest BCUT2D eigenvalue weighted by atomic mass is 9.88. The van der Waals surface area contributed by atoms with E-state index in [1.165, 1.54) is 0 Å². The van der Waals surface area contributed by atoms with Gasteiger partial charge in [-0.25, -0.2) is 0 Å². The summed E-state index contributed by atoms with van der Waals surface area (Å²) in [5, 5.41) is 9.87. The summed E-state index contributed by atoms with van der Waals surface area (Å²) in [7, 11) is 0. The van der Waals surface area contributed by atoms with Gasteiger partial charge in [-0.1, -0.05) is 23.7 Å². The van der Waals surface area contributed by atoms with Crippen molar-refractivity contribution in [1.29, 1.82) is 0 Å². The number of carboxylic acid groups (broad SMARTS) is 1. The summed E-state index contributed by atoms with van der Waals surface area (Å²) in [5.74, 6) is -0.294. The zero-order chi connectivity index (χ0) is 11.3. The molecule has 2 nitrogen and oxygen atoms in total. The minimum Gasteiger partial charge on any atom is -0.481 e. The second-order valence-electron chi connectivity index (χ2n) is 4.92. The van der Waals surface area contributed by atoms with Crippen molar-refractivity contribution in [2.24, 2.45) is 11.8 Å². The fourth-order valence-corrected chi connectivity index (χ4v) is 3.16. The highest BCUT2D eigenvalue weighted by Gasteiger charge is 2.66. The normalized spacial score (nSPS) is 32.4. The third-order valence-electron chi connectivity index (χ3n) is 3.97. The van der Waals surface area contributed by atoms with Crippen molar-refractivity contribution >= 4 is 17.6 Å². The molecule has 1 aromatic carbocycles. The van der Waals surface area contributed by atoms with Crippen LogP contribution in [0.2, 0.25) is 5.02 Å². The molecule has 84 valence electrons. The van der Waals surface area contributed by atoms with Crippen LogP contribution in [0.1, 0.15) is 24.8 Å². The highest BCUT2D eigenvalue weighted by molar-refractivity contribution is 6.30. The smallest absolute Gasteiger partial charge is 0.307 e. The van der Waals surface area contributed by atoms with Crippen molar-refractivity contribution in [2.45, 2.75) is 24.7 Å². The molecular formula is C13H13ClO2. The van der Waals surface area contributed by atoms with Crippen LogP contribution in [0, 0.1) is 11.8 Å². The maximum atomic E-state index is 11.1. The van der Waals surface area contributed by atoms with E-state index >= 15 is 0 Å². The van der Waals surface area contributed by atoms with Gasteiger partial charge in [0.15, 0.2) is 0 Å². The van der Waals surface area contributed by atoms with Crippen LogP contribution in [-0.2, 0) is 10.2 Å². The number of hydrogen-bond acceptors (Lipinski definition) is 1. The Hall–Kier alpha value is -1.02. The molecule has 2 saturated carbocycles. The minimum absolute atomic E-state index is 0.100. The van der Waals surface area contributed by atoms with Gasteiger partial charge >= 0.3 is 5.97 Å². The zero-order valence-corrected chi connectivity index (χ0v) is 9.57. The Morgan fingerprint density at radius 1 is 1.44 bits per heavy atom. The van der Waals surface area contributed by atoms with Crippen molar-refractivity contribution in [3.63, 3.8) is 0 Å². The van der Waals surface area contributed by atoms with Crippen molar-refractivity contribution in [3.8, 4) is 0 Å². The maximum Gasteiger partial charge on any atom is 0.307 e. The molecule has 0 bridgehead atoms. The molecule has 2 fully saturated rings. The van der Waals surface area contributed by atoms with E-state index in [1.54, 1.807) is 0 Å². The van der Waals surface area contributed by atoms with Gasteiger partial charge in [0.05, 0.1) is 5.92 Å². The molecule has 2 aliphatic rings. The van der Waals surface area contributed by atoms with Gasteiger partial charge in [-0.2, -0.15) is 0 Å². The van der Waals surface area contributed by atoms with Gasteiger partial charge in [-0.05, 0) is 42.9 Å². The number of benzene rings is 1. The van der Waals surface area contributed by atoms with Crippen molar-refractivity contribution in [2.75, 3.05) is 0 Å². The number of halogens is 1. The number of hydrogen-bond donors (Lipinski definition) is 1. The molecule has 2 atom stereocenters. The first kappa shape index (κ1) is 10.2. The molecule has 3 rings (SSSR count). The fraction of sp³-hybridized carbons (Fsp3) is 0.462. The lowest BCUT2D eigenvalue weighted by Crippen LogP contribution is -2.17. The van der Waals surface area contributed by atoms with Crippen LogP contribution in [-0.4, -0.2) is 11.1 Å². The van der Waals surface area contributed by atoms with E-state index in [1.807, 2.05) is 24.3 Å². The first-order valence-corrected chi connectivity index (χ1v) is 6.01. The van der Waals surface area contributed by atoms with Gasteiger partial charge in [-0.3, -0.25) is 4.79 Å². The number of carboxylic acids is 1. The standard InChI is InChI=1S/C13H13ClO2/c14-10-3-1-2-9(6-10)13(8-4-5-8)7-11(13)12(15)16/h1-3,6,8,11H,4-5,7H2,(H,15,16)/t11-,13?/m0/s1. The first-order chi connectivity index (χ1) is 7.64. The second-order valence-corrected chi connectivity index (χ2v) is 5.36. The Morgan fingerprint density at radius 3 is 2.69 bits per heavy atom. The van der Waals surface area contributed by atoms with Crippen LogP contribution in [0.25, 0.3) is 0 Å². The van der Waals surface area contributed by atoms with Gasteiger partial charge in [0.25, 0.3) is 0 Å². The van der Waals surface area contributed by atoms with Crippen LogP contribution >= 0.6 is 11.6 Å². The number of aliphatic carboxylic acids is 1. The van der Waals surface area contributed by atoms with Gasteiger partial charge < -0.3 is 5.11 Å². The quantitative estimate of drug-likeness (QED) is 0.876. The number of carbonyl (C=O) groups is 1. The Kier molecular flexibility index (Phi) is 2.05. The minimum atomic E-state index is -0.660. The molecule has 0 amide bonds. The van der Waals surface area contributed by atoms with Crippen LogP contribution in [0.3, 0.4) is 0 Å². The van der Waals surface area contributed by atoms with E-state index in [0.29, 0.717) is 10.9 Å². The van der Waals surface area contributed by atoms with Crippen LogP contribution in [0.15, 0.2) is 24.3 Å². The molecule has 0 heterocycles. The Balaban J connectivity index is 1.99. The molecule has 1 aromatic rings. The van der Waals surface area contributed by atoms with Crippen molar-refractivity contribution in [3.05, 3.63) is 34.9 Å². The molecule has 1 unspecified atom stereocenters. The van der Waals surface area contributed by atoms with Crippen LogP contribution in [0.4, 0.5) is 0 Å². The summed E-state index contributed by atoms with van der Waals surface area (Å²) in [6, 6.07) is 7.71. The summed E-state index contributed by atoms with van der Waals surface area (Å²) in [6.45, 7) is 0. The zero-order valence-electron chi connectivity index (χ0n) is 8.82. The largest absolute Gasteiger partial charge is 0.481 e. The van der Waals surface area contributed by atoms with E-state index in [4.69, 9.17) is 16.7 Å². The molecule has 3 heteroatoms. The topological polar surface area (TPSA) is 37.3 Å². The van der Waals surface area contributed by atoms with Gasteiger partial charge in [-0.15, -0.1) is 0 Å². The lowest BCUT2D eigenvalue weighted by Gasteiger charge is -2.16. The Bertz CT molecular complexity index is 453. The predicted octanol–water partition coefficient (Wildman–Crippen LogP) is 3.09. The molecule has 2 aliphatic carbocycles. The summed E-state index contributed by atoms with van der Waals surface area (Å²) >= 11 is 5.98. The van der Waals surface area contributed by atoms with Crippen molar-refractivity contribution in [1.82, 2.24) is 0 Å². The highest BCUT2D eigenvalue weighted by atomic mass is 35.5. The molecule has 1 N–H and O–H groups in total. The van der Waals surface area contributed by atoms with E-state index in [0.717, 1.165) is 24.8 Å². The fourth-order valence-electron chi connectivity index (χ4n) is 2.97. The van der Waals surface area contributed by atoms with E-state index in [2.05, 4.69) is 0 Å². The number of rotatable bonds is 3. The van der Waals surface area contributed by atoms with Gasteiger partial charge in [0, 0.05) is 10.4 Å². The average molecular weight is 237 g/mol. The van der Waals surface area contributed by atoms with Crippen LogP contribution in [0.5, 0.6) is 0 Å². The summed E-state index contributed by atoms with van der Waals surface area (Å²) < 4.78 is 0. The molecular weight excluding hydrogens is 224 g/mol. The lowest BCUT2D eigenvalue weighted by molar-refractivity contribution is -0.139. The molecule has 0 aliphatic heterocycles. The third kappa shape index (κ3) is 1.36. The van der Waals surface area contributed by atoms with Gasteiger partial charge in [0.1, 0.15) is 0 Å². The Labute approximate surface area is 99.2 Å². The van der Waals surface area contributed by atoms with E-state index in [9.17, 15) is 4.79 Å². The molecule has 0 radical (unpaired) electrons. The monoisotopic (exact) mass is 236 g/mol. The summed E-state index contributed by atoms with van der Waals surface area (Å²) in [4.78, 5) is 11.1. The maximum absolute atomic E-state index is 11.1. The molecule has 0 saturated heterocycles. The Morgan fingerprint density at radius 2 is 2.19 bits per heavy atom. The molecule has 0 spiro atoms. The highest BCUT2D eigenvalue weighted by Crippen LogP contribution is 2.66. The summed E-state index contributed by atoms with van der Waals surface area (Å²) in [6.07, 6.45) is 3.11. The average Bonchev–Trinajstić information content (AvgIpc) is 3.11. The molecule has 16 heavy (non-hydrogen) atoms. The van der Waals surface area contributed by atoms with Crippen molar-refractivity contribution < 1.29 is 9.90 Å². The van der Waals surface area contributed by atoms with E-state index in [-0.39, 0.29) is 11.3 Å². The predicted molar refractivity (Wildman–Crippen MR) is 61.6 cm³/mol. The summed E-state index contributed by atoms with van der Waals surface area (Å²) in [5.41, 5.74) is 1.02. The third-order valence-corrected chi connectivity index (χ3v) is 4.20. The SMILES string of the molecule is O=C(O)[C@@H]1CC1(c1cccc(Cl)c1)C1CC1. The second kappa shape index (κ2) is 3.24. The van der Waals surface area contributed by atoms with Gasteiger partial charge in [0.2, 0.25) is 0 Å². The first-order valence-electron chi connectivity index (χ1n) is 5.63. The molecule has 0 aromatic heterocycles.